The summed E-state index contributed by atoms with van der Waals surface area (Å²) < 4.78 is 17.9. The average molecular weight is 494 g/mol. The molecule has 2 aromatic carbocycles. The number of carbonyl (C=O) groups is 1. The van der Waals surface area contributed by atoms with Crippen LogP contribution in [-0.2, 0) is 25.7 Å². The van der Waals surface area contributed by atoms with E-state index in [1.165, 1.54) is 7.11 Å². The lowest BCUT2D eigenvalue weighted by molar-refractivity contribution is -0.158. The van der Waals surface area contributed by atoms with E-state index in [-0.39, 0.29) is 23.2 Å². The Balaban J connectivity index is 1.69. The molecule has 0 saturated heterocycles. The average Bonchev–Trinajstić information content (AvgIpc) is 3.41. The Morgan fingerprint density at radius 2 is 1.83 bits per heavy atom. The van der Waals surface area contributed by atoms with Gasteiger partial charge in [-0.3, -0.25) is 4.79 Å². The maximum absolute atomic E-state index is 13.5. The molecule has 194 valence electrons. The van der Waals surface area contributed by atoms with E-state index < -0.39 is 11.0 Å². The third-order valence-electron chi connectivity index (χ3n) is 8.73. The fourth-order valence-electron chi connectivity index (χ4n) is 6.74. The number of ether oxygens (including phenoxy) is 3. The molecule has 4 unspecified atom stereocenters. The molecular formula is C30H39NO5. The van der Waals surface area contributed by atoms with Gasteiger partial charge in [0.05, 0.1) is 23.8 Å². The van der Waals surface area contributed by atoms with Crippen LogP contribution in [0.5, 0.6) is 5.75 Å². The van der Waals surface area contributed by atoms with Crippen molar-refractivity contribution in [1.29, 1.82) is 0 Å². The number of benzene rings is 2. The zero-order valence-corrected chi connectivity index (χ0v) is 22.6. The first-order valence-corrected chi connectivity index (χ1v) is 12.8. The first-order chi connectivity index (χ1) is 17.2. The Kier molecular flexibility index (Phi) is 7.20. The van der Waals surface area contributed by atoms with Crippen LogP contribution in [0.25, 0.3) is 0 Å². The van der Waals surface area contributed by atoms with E-state index in [9.17, 15) is 4.79 Å². The van der Waals surface area contributed by atoms with Crippen LogP contribution < -0.4 is 4.74 Å². The normalized spacial score (nSPS) is 28.7. The lowest BCUT2D eigenvalue weighted by Gasteiger charge is -2.45. The van der Waals surface area contributed by atoms with Gasteiger partial charge >= 0.3 is 5.97 Å². The fraction of sp³-hybridized carbons (Fsp3) is 0.533. The highest BCUT2D eigenvalue weighted by atomic mass is 16.6. The van der Waals surface area contributed by atoms with Crippen molar-refractivity contribution in [1.82, 2.24) is 0 Å². The van der Waals surface area contributed by atoms with E-state index in [0.29, 0.717) is 13.2 Å². The van der Waals surface area contributed by atoms with Gasteiger partial charge in [0.2, 0.25) is 0 Å². The first kappa shape index (κ1) is 26.2. The molecule has 0 N–H and O–H groups in total. The van der Waals surface area contributed by atoms with Crippen molar-refractivity contribution < 1.29 is 23.8 Å². The highest BCUT2D eigenvalue weighted by Gasteiger charge is 2.82. The smallest absolute Gasteiger partial charge is 0.313 e. The minimum Gasteiger partial charge on any atom is -0.489 e. The minimum atomic E-state index is -0.631. The molecule has 2 aliphatic rings. The maximum Gasteiger partial charge on any atom is 0.313 e. The summed E-state index contributed by atoms with van der Waals surface area (Å²) in [5, 5.41) is 4.14. The molecule has 2 aromatic rings. The van der Waals surface area contributed by atoms with Crippen molar-refractivity contribution in [3.63, 3.8) is 0 Å². The quantitative estimate of drug-likeness (QED) is 0.239. The van der Waals surface area contributed by atoms with Crippen molar-refractivity contribution in [3.05, 3.63) is 65.2 Å². The predicted octanol–water partition coefficient (Wildman–Crippen LogP) is 6.12. The number of carbonyl (C=O) groups excluding carboxylic acids is 1. The summed E-state index contributed by atoms with van der Waals surface area (Å²) in [6, 6.07) is 16.1. The van der Waals surface area contributed by atoms with Gasteiger partial charge in [-0.25, -0.2) is 0 Å². The highest BCUT2D eigenvalue weighted by Crippen LogP contribution is 2.81. The van der Waals surface area contributed by atoms with Crippen molar-refractivity contribution in [2.24, 2.45) is 21.9 Å². The number of hydrogen-bond donors (Lipinski definition) is 0. The first-order valence-electron chi connectivity index (χ1n) is 12.8. The van der Waals surface area contributed by atoms with Crippen LogP contribution in [0, 0.1) is 16.7 Å². The van der Waals surface area contributed by atoms with Crippen LogP contribution in [0.1, 0.15) is 70.1 Å². The van der Waals surface area contributed by atoms with Crippen LogP contribution >= 0.6 is 0 Å². The molecule has 0 heterocycles. The Bertz CT molecular complexity index is 1140. The number of hydrogen-bond acceptors (Lipinski definition) is 6. The Morgan fingerprint density at radius 1 is 1.08 bits per heavy atom. The number of esters is 1. The van der Waals surface area contributed by atoms with Crippen molar-refractivity contribution in [2.75, 3.05) is 20.8 Å². The summed E-state index contributed by atoms with van der Waals surface area (Å²) in [4.78, 5) is 18.7. The van der Waals surface area contributed by atoms with Crippen LogP contribution in [0.15, 0.2) is 53.7 Å². The van der Waals surface area contributed by atoms with E-state index in [0.717, 1.165) is 41.0 Å². The van der Waals surface area contributed by atoms with Gasteiger partial charge in [-0.05, 0) is 68.2 Å². The standard InChI is InChI=1S/C30H39NO5/c1-8-36-31-20(2)21-13-11-14-23(18-21)35-19-22-12-9-10-15-24(22)26-29(5,34-7)17-16-25-28(3,4)30(25,26)27(32)33-6/h9-15,18,25-26H,8,16-17,19H2,1-7H3. The number of nitrogens with zero attached hydrogens (tertiary/aromatic N) is 1. The molecule has 0 amide bonds. The largest absolute Gasteiger partial charge is 0.489 e. The van der Waals surface area contributed by atoms with E-state index in [1.807, 2.05) is 50.2 Å². The monoisotopic (exact) mass is 493 g/mol. The van der Waals surface area contributed by atoms with E-state index in [4.69, 9.17) is 19.0 Å². The lowest BCUT2D eigenvalue weighted by atomic mass is 9.63. The Hall–Kier alpha value is -2.86. The van der Waals surface area contributed by atoms with Gasteiger partial charge in [0.25, 0.3) is 0 Å². The summed E-state index contributed by atoms with van der Waals surface area (Å²) in [6.45, 7) is 11.2. The molecule has 0 spiro atoms. The molecule has 6 nitrogen and oxygen atoms in total. The van der Waals surface area contributed by atoms with E-state index in [1.54, 1.807) is 7.11 Å². The molecular weight excluding hydrogens is 454 g/mol. The van der Waals surface area contributed by atoms with Gasteiger partial charge in [-0.2, -0.15) is 0 Å². The van der Waals surface area contributed by atoms with Crippen molar-refractivity contribution in [3.8, 4) is 5.75 Å². The SMILES string of the molecule is CCON=C(C)c1cccc(OCc2ccccc2C2C(C)(OC)CCC3C(C)(C)C23C(=O)OC)c1. The summed E-state index contributed by atoms with van der Waals surface area (Å²) in [5.41, 5.74) is 2.56. The second-order valence-electron chi connectivity index (χ2n) is 10.7. The predicted molar refractivity (Wildman–Crippen MR) is 140 cm³/mol. The summed E-state index contributed by atoms with van der Waals surface area (Å²) in [6.07, 6.45) is 1.83. The van der Waals surface area contributed by atoms with E-state index >= 15 is 0 Å². The van der Waals surface area contributed by atoms with Crippen LogP contribution in [0.2, 0.25) is 0 Å². The van der Waals surface area contributed by atoms with Gasteiger partial charge in [0.1, 0.15) is 19.0 Å². The van der Waals surface area contributed by atoms with Crippen LogP contribution in [0.3, 0.4) is 0 Å². The topological polar surface area (TPSA) is 66.3 Å². The molecule has 0 bridgehead atoms. The molecule has 2 fully saturated rings. The molecule has 36 heavy (non-hydrogen) atoms. The lowest BCUT2D eigenvalue weighted by Crippen LogP contribution is -2.48. The summed E-state index contributed by atoms with van der Waals surface area (Å²) in [7, 11) is 3.25. The van der Waals surface area contributed by atoms with Gasteiger partial charge in [-0.15, -0.1) is 0 Å². The number of oxime groups is 1. The Labute approximate surface area is 215 Å². The van der Waals surface area contributed by atoms with Gasteiger partial charge < -0.3 is 19.0 Å². The molecule has 4 atom stereocenters. The molecule has 2 aliphatic carbocycles. The Morgan fingerprint density at radius 3 is 2.53 bits per heavy atom. The number of methoxy groups -OCH3 is 2. The summed E-state index contributed by atoms with van der Waals surface area (Å²) in [5.74, 6) is 0.712. The van der Waals surface area contributed by atoms with Gasteiger partial charge in [0, 0.05) is 18.6 Å². The van der Waals surface area contributed by atoms with Gasteiger partial charge in [0.15, 0.2) is 0 Å². The summed E-state index contributed by atoms with van der Waals surface area (Å²) >= 11 is 0. The fourth-order valence-corrected chi connectivity index (χ4v) is 6.74. The third-order valence-corrected chi connectivity index (χ3v) is 8.73. The van der Waals surface area contributed by atoms with Gasteiger partial charge in [-0.1, -0.05) is 55.4 Å². The second-order valence-corrected chi connectivity index (χ2v) is 10.7. The molecule has 6 heteroatoms. The minimum absolute atomic E-state index is 0.141. The second kappa shape index (κ2) is 9.89. The zero-order chi connectivity index (χ0) is 26.1. The molecule has 4 rings (SSSR count). The van der Waals surface area contributed by atoms with Crippen molar-refractivity contribution in [2.45, 2.75) is 65.6 Å². The number of fused-ring (bicyclic) bond motifs is 1. The molecule has 0 radical (unpaired) electrons. The molecule has 0 aliphatic heterocycles. The van der Waals surface area contributed by atoms with E-state index in [2.05, 4.69) is 38.1 Å². The third kappa shape index (κ3) is 4.09. The van der Waals surface area contributed by atoms with Crippen LogP contribution in [0.4, 0.5) is 0 Å². The zero-order valence-electron chi connectivity index (χ0n) is 22.6. The highest BCUT2D eigenvalue weighted by molar-refractivity contribution is 5.98. The molecule has 2 saturated carbocycles. The molecule has 0 aromatic heterocycles. The number of rotatable bonds is 9. The van der Waals surface area contributed by atoms with Crippen LogP contribution in [-0.4, -0.2) is 38.1 Å². The van der Waals surface area contributed by atoms with Crippen molar-refractivity contribution >= 4 is 11.7 Å². The maximum atomic E-state index is 13.5.